The molecular formula is C11H11FNaO10P. The second-order valence-corrected chi connectivity index (χ2v) is 5.21. The number of phosphoric ester groups is 1. The molecule has 0 heterocycles. The normalized spacial score (nSPS) is 14.6. The van der Waals surface area contributed by atoms with Crippen molar-refractivity contribution >= 4 is 55.3 Å². The van der Waals surface area contributed by atoms with Gasteiger partial charge in [-0.2, -0.15) is 4.39 Å². The molecule has 24 heavy (non-hydrogen) atoms. The number of hydrogen-bond donors (Lipinski definition) is 4. The molecule has 1 rings (SSSR count). The summed E-state index contributed by atoms with van der Waals surface area (Å²) in [6.07, 6.45) is -3.30. The van der Waals surface area contributed by atoms with Gasteiger partial charge in [0.05, 0.1) is 5.56 Å². The Morgan fingerprint density at radius 1 is 1.12 bits per heavy atom. The third-order valence-corrected chi connectivity index (χ3v) is 2.83. The van der Waals surface area contributed by atoms with Crippen molar-refractivity contribution in [3.8, 4) is 0 Å². The van der Waals surface area contributed by atoms with Crippen LogP contribution in [0.25, 0.3) is 0 Å². The van der Waals surface area contributed by atoms with Gasteiger partial charge < -0.3 is 24.7 Å². The Morgan fingerprint density at radius 3 is 2.00 bits per heavy atom. The first-order chi connectivity index (χ1) is 10.5. The summed E-state index contributed by atoms with van der Waals surface area (Å²) in [5, 5.41) is 17.5. The van der Waals surface area contributed by atoms with Crippen molar-refractivity contribution < 1.29 is 52.6 Å². The molecule has 0 aliphatic rings. The summed E-state index contributed by atoms with van der Waals surface area (Å²) in [6, 6.07) is 6.37. The molecule has 1 aromatic carbocycles. The number of carbonyl (C=O) groups is 3. The maximum atomic E-state index is 14.4. The van der Waals surface area contributed by atoms with Crippen molar-refractivity contribution in [2.75, 3.05) is 0 Å². The number of carbonyl (C=O) groups excluding carboxylic acids is 1. The predicted molar refractivity (Wildman–Crippen MR) is 75.0 cm³/mol. The Kier molecular flexibility index (Phi) is 8.19. The third-order valence-electron chi connectivity index (χ3n) is 2.35. The minimum atomic E-state index is -5.60. The fourth-order valence-electron chi connectivity index (χ4n) is 1.39. The van der Waals surface area contributed by atoms with E-state index < -0.39 is 37.7 Å². The van der Waals surface area contributed by atoms with Gasteiger partial charge in [-0.1, -0.05) is 18.2 Å². The van der Waals surface area contributed by atoms with Crippen molar-refractivity contribution in [3.05, 3.63) is 35.9 Å². The first kappa shape index (κ1) is 22.7. The van der Waals surface area contributed by atoms with Crippen molar-refractivity contribution in [3.63, 3.8) is 0 Å². The molecule has 0 radical (unpaired) electrons. The van der Waals surface area contributed by atoms with Gasteiger partial charge in [0.15, 0.2) is 0 Å². The van der Waals surface area contributed by atoms with Crippen LogP contribution in [0.3, 0.4) is 0 Å². The molecule has 13 heteroatoms. The number of ether oxygens (including phenoxy) is 1. The van der Waals surface area contributed by atoms with Gasteiger partial charge in [-0.25, -0.2) is 18.9 Å². The number of alkyl halides is 1. The molecule has 0 saturated heterocycles. The van der Waals surface area contributed by atoms with Crippen LogP contribution in [-0.2, 0) is 23.4 Å². The maximum absolute atomic E-state index is 14.4. The monoisotopic (exact) mass is 376 g/mol. The molecule has 10 nitrogen and oxygen atoms in total. The van der Waals surface area contributed by atoms with Gasteiger partial charge >= 0.3 is 61.1 Å². The fourth-order valence-corrected chi connectivity index (χ4v) is 1.89. The van der Waals surface area contributed by atoms with E-state index in [0.29, 0.717) is 0 Å². The third kappa shape index (κ3) is 5.95. The number of aliphatic carboxylic acids is 2. The molecule has 4 N–H and O–H groups in total. The number of carboxylic acid groups (broad SMARTS) is 2. The van der Waals surface area contributed by atoms with Gasteiger partial charge in [0.25, 0.3) is 0 Å². The topological polar surface area (TPSA) is 168 Å². The number of rotatable bonds is 7. The predicted octanol–water partition coefficient (Wildman–Crippen LogP) is -0.492. The zero-order valence-electron chi connectivity index (χ0n) is 11.0. The van der Waals surface area contributed by atoms with Crippen molar-refractivity contribution in [1.82, 2.24) is 0 Å². The molecule has 0 bridgehead atoms. The van der Waals surface area contributed by atoms with E-state index >= 15 is 0 Å². The first-order valence-electron chi connectivity index (χ1n) is 5.65. The zero-order valence-corrected chi connectivity index (χ0v) is 11.9. The molecule has 128 valence electrons. The van der Waals surface area contributed by atoms with Crippen molar-refractivity contribution in [1.29, 1.82) is 0 Å². The van der Waals surface area contributed by atoms with Crippen LogP contribution in [0.1, 0.15) is 10.4 Å². The Balaban J connectivity index is 0.00000529. The van der Waals surface area contributed by atoms with Crippen LogP contribution in [0, 0.1) is 0 Å². The van der Waals surface area contributed by atoms with Gasteiger partial charge in [-0.3, -0.25) is 4.52 Å². The molecule has 0 aliphatic carbocycles. The van der Waals surface area contributed by atoms with Crippen LogP contribution in [0.15, 0.2) is 30.3 Å². The van der Waals surface area contributed by atoms with E-state index in [1.165, 1.54) is 18.2 Å². The number of benzene rings is 1. The quantitative estimate of drug-likeness (QED) is 0.277. The SMILES string of the molecule is O=C(OC(F)(C(=O)O)C(OP(=O)(O)O)C(=O)O)c1ccccc1.[NaH]. The number of carboxylic acids is 2. The van der Waals surface area contributed by atoms with Crippen LogP contribution in [0.4, 0.5) is 4.39 Å². The van der Waals surface area contributed by atoms with Crippen LogP contribution >= 0.6 is 7.82 Å². The van der Waals surface area contributed by atoms with Crippen LogP contribution in [0.5, 0.6) is 0 Å². The van der Waals surface area contributed by atoms with E-state index in [0.717, 1.165) is 12.1 Å². The van der Waals surface area contributed by atoms with E-state index in [-0.39, 0.29) is 35.1 Å². The number of esters is 1. The summed E-state index contributed by atoms with van der Waals surface area (Å²) < 4.78 is 32.7. The molecule has 0 spiro atoms. The number of hydrogen-bond acceptors (Lipinski definition) is 6. The van der Waals surface area contributed by atoms with E-state index in [9.17, 15) is 23.3 Å². The molecule has 0 aromatic heterocycles. The van der Waals surface area contributed by atoms with Gasteiger partial charge in [-0.05, 0) is 12.1 Å². The Morgan fingerprint density at radius 2 is 1.62 bits per heavy atom. The second-order valence-electron chi connectivity index (χ2n) is 4.02. The first-order valence-corrected chi connectivity index (χ1v) is 7.18. The fraction of sp³-hybridized carbons (Fsp3) is 0.182. The molecule has 0 aliphatic heterocycles. The number of phosphoric acid groups is 1. The van der Waals surface area contributed by atoms with E-state index in [1.54, 1.807) is 0 Å². The average Bonchev–Trinajstić information content (AvgIpc) is 2.44. The Labute approximate surface area is 155 Å². The van der Waals surface area contributed by atoms with Gasteiger partial charge in [0, 0.05) is 0 Å². The molecule has 2 atom stereocenters. The van der Waals surface area contributed by atoms with Crippen molar-refractivity contribution in [2.45, 2.75) is 12.0 Å². The summed E-state index contributed by atoms with van der Waals surface area (Å²) in [7, 11) is -5.60. The molecule has 1 aromatic rings. The van der Waals surface area contributed by atoms with Crippen LogP contribution < -0.4 is 0 Å². The van der Waals surface area contributed by atoms with Crippen molar-refractivity contribution in [2.24, 2.45) is 0 Å². The van der Waals surface area contributed by atoms with Gasteiger partial charge in [0.2, 0.25) is 6.10 Å². The van der Waals surface area contributed by atoms with Crippen LogP contribution in [0.2, 0.25) is 0 Å². The Hall–Kier alpha value is -1.33. The summed E-state index contributed by atoms with van der Waals surface area (Å²) in [5.74, 6) is -11.0. The van der Waals surface area contributed by atoms with Crippen LogP contribution in [-0.4, -0.2) is 79.4 Å². The summed E-state index contributed by atoms with van der Waals surface area (Å²) >= 11 is 0. The Bertz CT molecular complexity index is 662. The van der Waals surface area contributed by atoms with Gasteiger partial charge in [0.1, 0.15) is 0 Å². The standard InChI is InChI=1S/C11H10FO10P.Na.H/c12-11(10(16)17,7(8(13)14)22-23(18,19)20)21-9(15)6-4-2-1-3-5-6;;/h1-5,7H,(H,13,14)(H,16,17)(H2,18,19,20);;. The zero-order chi connectivity index (χ0) is 17.8. The number of halogens is 1. The average molecular weight is 376 g/mol. The van der Waals surface area contributed by atoms with Gasteiger partial charge in [-0.15, -0.1) is 0 Å². The molecule has 0 fully saturated rings. The summed E-state index contributed by atoms with van der Waals surface area (Å²) in [5.41, 5.74) is -0.323. The van der Waals surface area contributed by atoms with E-state index in [2.05, 4.69) is 9.26 Å². The second kappa shape index (κ2) is 8.67. The van der Waals surface area contributed by atoms with E-state index in [4.69, 9.17) is 20.0 Å². The summed E-state index contributed by atoms with van der Waals surface area (Å²) in [4.78, 5) is 50.7. The molecular weight excluding hydrogens is 365 g/mol. The molecule has 0 amide bonds. The van der Waals surface area contributed by atoms with E-state index in [1.807, 2.05) is 0 Å². The summed E-state index contributed by atoms with van der Waals surface area (Å²) in [6.45, 7) is 0. The molecule has 0 saturated carbocycles. The minimum absolute atomic E-state index is 0. The molecule has 2 unspecified atom stereocenters.